The second-order valence-corrected chi connectivity index (χ2v) is 9.73. The summed E-state index contributed by atoms with van der Waals surface area (Å²) in [7, 11) is 0. The maximum atomic E-state index is 13.7. The Labute approximate surface area is 234 Å². The molecule has 7 nitrogen and oxygen atoms in total. The lowest BCUT2D eigenvalue weighted by molar-refractivity contribution is -0.154. The van der Waals surface area contributed by atoms with E-state index >= 15 is 0 Å². The summed E-state index contributed by atoms with van der Waals surface area (Å²) >= 11 is 12.2. The van der Waals surface area contributed by atoms with Gasteiger partial charge in [-0.15, -0.1) is 0 Å². The Kier molecular flexibility index (Phi) is 6.38. The number of para-hydroxylation sites is 1. The summed E-state index contributed by atoms with van der Waals surface area (Å²) in [6.45, 7) is -0.375. The number of halogens is 2. The summed E-state index contributed by atoms with van der Waals surface area (Å²) in [4.78, 5) is 27.1. The smallest absolute Gasteiger partial charge is 0.308 e. The average molecular weight is 558 g/mol. The molecule has 1 spiro atoms. The van der Waals surface area contributed by atoms with Gasteiger partial charge < -0.3 is 14.8 Å². The summed E-state index contributed by atoms with van der Waals surface area (Å²) in [5.41, 5.74) is 4.36. The monoisotopic (exact) mass is 557 g/mol. The Morgan fingerprint density at radius 1 is 0.897 bits per heavy atom. The molecule has 1 atom stereocenters. The highest BCUT2D eigenvalue weighted by atomic mass is 35.5. The molecule has 0 bridgehead atoms. The first-order chi connectivity index (χ1) is 19.0. The molecule has 2 N–H and O–H groups in total. The maximum Gasteiger partial charge on any atom is 0.308 e. The lowest BCUT2D eigenvalue weighted by atomic mass is 10.0. The van der Waals surface area contributed by atoms with Gasteiger partial charge in [-0.05, 0) is 24.3 Å². The first-order valence-corrected chi connectivity index (χ1v) is 12.9. The fourth-order valence-corrected chi connectivity index (χ4v) is 5.17. The minimum absolute atomic E-state index is 0.275. The third kappa shape index (κ3) is 4.35. The Hall–Kier alpha value is -4.46. The van der Waals surface area contributed by atoms with Gasteiger partial charge in [0.25, 0.3) is 11.8 Å². The summed E-state index contributed by atoms with van der Waals surface area (Å²) < 4.78 is 12.3. The molecule has 2 aliphatic rings. The van der Waals surface area contributed by atoms with Crippen LogP contribution in [0.25, 0.3) is 11.5 Å². The van der Waals surface area contributed by atoms with Crippen LogP contribution in [0.4, 0.5) is 5.69 Å². The number of fused-ring (bicyclic) bond motifs is 2. The first kappa shape index (κ1) is 24.9. The van der Waals surface area contributed by atoms with Crippen molar-refractivity contribution < 1.29 is 19.1 Å². The number of anilines is 1. The average Bonchev–Trinajstić information content (AvgIpc) is 3.44. The summed E-state index contributed by atoms with van der Waals surface area (Å²) in [6, 6.07) is 30.8. The van der Waals surface area contributed by atoms with Gasteiger partial charge in [0.1, 0.15) is 11.4 Å². The lowest BCUT2D eigenvalue weighted by Gasteiger charge is -2.34. The number of ether oxygens (including phenoxy) is 2. The van der Waals surface area contributed by atoms with E-state index in [2.05, 4.69) is 10.7 Å². The van der Waals surface area contributed by atoms with Gasteiger partial charge in [-0.2, -0.15) is 0 Å². The zero-order valence-corrected chi connectivity index (χ0v) is 21.9. The minimum Gasteiger partial charge on any atom is -0.482 e. The van der Waals surface area contributed by atoms with Crippen molar-refractivity contribution in [1.29, 1.82) is 0 Å². The van der Waals surface area contributed by atoms with Gasteiger partial charge >= 0.3 is 5.72 Å². The molecule has 0 aliphatic carbocycles. The summed E-state index contributed by atoms with van der Waals surface area (Å²) in [5, 5.41) is 5.11. The van der Waals surface area contributed by atoms with Crippen LogP contribution in [0.5, 0.6) is 5.75 Å². The van der Waals surface area contributed by atoms with Crippen LogP contribution in [0.1, 0.15) is 16.7 Å². The lowest BCUT2D eigenvalue weighted by Crippen LogP contribution is -2.56. The highest BCUT2D eigenvalue weighted by Gasteiger charge is 2.60. The van der Waals surface area contributed by atoms with E-state index in [0.29, 0.717) is 33.5 Å². The molecule has 0 radical (unpaired) electrons. The predicted octanol–water partition coefficient (Wildman–Crippen LogP) is 6.07. The fourth-order valence-electron chi connectivity index (χ4n) is 4.71. The number of hydrogen-bond acceptors (Lipinski definition) is 5. The number of carbonyl (C=O) groups is 2. The second-order valence-electron chi connectivity index (χ2n) is 8.89. The van der Waals surface area contributed by atoms with E-state index in [4.69, 9.17) is 32.7 Å². The zero-order chi connectivity index (χ0) is 27.0. The van der Waals surface area contributed by atoms with Gasteiger partial charge in [0.05, 0.1) is 16.3 Å². The van der Waals surface area contributed by atoms with E-state index in [-0.39, 0.29) is 11.6 Å². The van der Waals surface area contributed by atoms with E-state index in [0.717, 1.165) is 11.1 Å². The molecule has 2 amide bonds. The minimum atomic E-state index is -1.69. The van der Waals surface area contributed by atoms with Crippen LogP contribution in [0.3, 0.4) is 0 Å². The van der Waals surface area contributed by atoms with E-state index in [9.17, 15) is 9.59 Å². The quantitative estimate of drug-likeness (QED) is 0.301. The largest absolute Gasteiger partial charge is 0.482 e. The van der Waals surface area contributed by atoms with Gasteiger partial charge in [-0.1, -0.05) is 102 Å². The molecule has 9 heteroatoms. The Morgan fingerprint density at radius 2 is 1.56 bits per heavy atom. The normalized spacial score (nSPS) is 17.6. The molecule has 4 aromatic carbocycles. The van der Waals surface area contributed by atoms with Crippen LogP contribution >= 0.6 is 23.2 Å². The predicted molar refractivity (Wildman–Crippen MR) is 149 cm³/mol. The number of rotatable bonds is 6. The summed E-state index contributed by atoms with van der Waals surface area (Å²) in [5.74, 6) is -0.221. The molecule has 4 aromatic rings. The van der Waals surface area contributed by atoms with Gasteiger partial charge in [0.2, 0.25) is 0 Å². The van der Waals surface area contributed by atoms with Crippen molar-refractivity contribution in [2.45, 2.75) is 5.72 Å². The molecular weight excluding hydrogens is 537 g/mol. The Bertz CT molecular complexity index is 1610. The van der Waals surface area contributed by atoms with Crippen LogP contribution in [0, 0.1) is 0 Å². The van der Waals surface area contributed by atoms with Crippen LogP contribution in [-0.2, 0) is 20.1 Å². The number of nitrogens with one attached hydrogen (secondary N) is 2. The maximum absolute atomic E-state index is 13.7. The summed E-state index contributed by atoms with van der Waals surface area (Å²) in [6.07, 6.45) is 0. The third-order valence-electron chi connectivity index (χ3n) is 6.42. The Morgan fingerprint density at radius 3 is 2.28 bits per heavy atom. The number of amides is 2. The first-order valence-electron chi connectivity index (χ1n) is 12.1. The topological polar surface area (TPSA) is 79.9 Å². The molecule has 1 unspecified atom stereocenters. The fraction of sp³-hybridized carbons (Fsp3) is 0.0667. The van der Waals surface area contributed by atoms with Gasteiger partial charge in [-0.25, -0.2) is 5.01 Å². The van der Waals surface area contributed by atoms with Crippen molar-refractivity contribution in [3.05, 3.63) is 130 Å². The molecule has 0 saturated heterocycles. The van der Waals surface area contributed by atoms with Crippen molar-refractivity contribution in [3.63, 3.8) is 0 Å². The van der Waals surface area contributed by atoms with E-state index in [1.54, 1.807) is 24.3 Å². The van der Waals surface area contributed by atoms with E-state index < -0.39 is 17.5 Å². The standard InChI is InChI=1S/C30H21Cl2N3O4/c31-21-15-16-25(23(32)17-21)38-18-26(36)34-35-27(19-9-3-1-4-10-19)28(20-11-5-2-6-12-20)39-30(35)22-13-7-8-14-24(22)33-29(30)37/h1-17H,18H2,(H,33,37)(H,34,36). The highest BCUT2D eigenvalue weighted by molar-refractivity contribution is 6.35. The number of benzene rings is 4. The van der Waals surface area contributed by atoms with Crippen molar-refractivity contribution in [3.8, 4) is 5.75 Å². The molecule has 2 aliphatic heterocycles. The molecule has 39 heavy (non-hydrogen) atoms. The van der Waals surface area contributed by atoms with Gasteiger partial charge in [-0.3, -0.25) is 15.0 Å². The van der Waals surface area contributed by atoms with Gasteiger partial charge in [0, 0.05) is 16.1 Å². The second kappa shape index (κ2) is 10.0. The Balaban J connectivity index is 1.44. The van der Waals surface area contributed by atoms with Crippen LogP contribution < -0.4 is 15.5 Å². The number of carbonyl (C=O) groups excluding carboxylic acids is 2. The number of hydrazine groups is 1. The number of nitrogens with zero attached hydrogens (tertiary/aromatic N) is 1. The molecule has 0 fully saturated rings. The van der Waals surface area contributed by atoms with E-state index in [1.165, 1.54) is 11.1 Å². The van der Waals surface area contributed by atoms with Crippen molar-refractivity contribution in [2.75, 3.05) is 11.9 Å². The van der Waals surface area contributed by atoms with Crippen LogP contribution in [-0.4, -0.2) is 23.4 Å². The van der Waals surface area contributed by atoms with Crippen LogP contribution in [0.15, 0.2) is 103 Å². The molecule has 194 valence electrons. The molecular formula is C30H21Cl2N3O4. The van der Waals surface area contributed by atoms with E-state index in [1.807, 2.05) is 72.8 Å². The SMILES string of the molecule is O=C(COc1ccc(Cl)cc1Cl)NN1C(c2ccccc2)=C(c2ccccc2)OC12C(=O)Nc1ccccc12. The van der Waals surface area contributed by atoms with Crippen molar-refractivity contribution >= 4 is 52.2 Å². The van der Waals surface area contributed by atoms with Crippen molar-refractivity contribution in [1.82, 2.24) is 10.4 Å². The molecule has 2 heterocycles. The highest BCUT2D eigenvalue weighted by Crippen LogP contribution is 2.52. The number of hydrogen-bond donors (Lipinski definition) is 2. The zero-order valence-electron chi connectivity index (χ0n) is 20.4. The van der Waals surface area contributed by atoms with Crippen LogP contribution in [0.2, 0.25) is 10.0 Å². The van der Waals surface area contributed by atoms with Gasteiger partial charge in [0.15, 0.2) is 12.4 Å². The molecule has 6 rings (SSSR count). The third-order valence-corrected chi connectivity index (χ3v) is 6.95. The van der Waals surface area contributed by atoms with Crippen molar-refractivity contribution in [2.24, 2.45) is 0 Å². The molecule has 0 saturated carbocycles. The molecule has 0 aromatic heterocycles.